The van der Waals surface area contributed by atoms with E-state index in [0.29, 0.717) is 12.1 Å². The van der Waals surface area contributed by atoms with Gasteiger partial charge in [0.1, 0.15) is 0 Å². The third kappa shape index (κ3) is 3.20. The van der Waals surface area contributed by atoms with Gasteiger partial charge in [-0.25, -0.2) is 0 Å². The van der Waals surface area contributed by atoms with Crippen LogP contribution in [0.15, 0.2) is 0 Å². The van der Waals surface area contributed by atoms with Gasteiger partial charge in [-0.15, -0.1) is 0 Å². The lowest BCUT2D eigenvalue weighted by molar-refractivity contribution is -0.121. The zero-order valence-corrected chi connectivity index (χ0v) is 10.6. The molecule has 1 aliphatic heterocycles. The van der Waals surface area contributed by atoms with E-state index in [2.05, 4.69) is 37.9 Å². The zero-order chi connectivity index (χ0) is 11.6. The van der Waals surface area contributed by atoms with Crippen molar-refractivity contribution in [3.63, 3.8) is 0 Å². The molecule has 0 spiro atoms. The molecule has 1 fully saturated rings. The molecule has 1 heterocycles. The van der Waals surface area contributed by atoms with E-state index in [4.69, 9.17) is 0 Å². The number of hydrogen-bond acceptors (Lipinski definition) is 2. The molecule has 0 aromatic rings. The van der Waals surface area contributed by atoms with E-state index in [0.717, 1.165) is 19.5 Å². The molecule has 1 amide bonds. The van der Waals surface area contributed by atoms with Gasteiger partial charge >= 0.3 is 0 Å². The predicted octanol–water partition coefficient (Wildman–Crippen LogP) is 1.63. The number of piperidine rings is 1. The standard InChI is InChI=1S/C12H24N2O/c1-9(2)14-7-6-11(13-10(3)15)12(4,5)8-14/h9,11H,6-8H2,1-5H3,(H,13,15). The Labute approximate surface area is 93.2 Å². The molecule has 88 valence electrons. The van der Waals surface area contributed by atoms with Gasteiger partial charge in [-0.05, 0) is 25.7 Å². The first-order valence-corrected chi connectivity index (χ1v) is 5.84. The first-order chi connectivity index (χ1) is 6.83. The van der Waals surface area contributed by atoms with Gasteiger partial charge in [0.25, 0.3) is 0 Å². The molecule has 1 rings (SSSR count). The van der Waals surface area contributed by atoms with Crippen LogP contribution in [0.3, 0.4) is 0 Å². The van der Waals surface area contributed by atoms with Crippen molar-refractivity contribution in [2.24, 2.45) is 5.41 Å². The molecule has 1 N–H and O–H groups in total. The van der Waals surface area contributed by atoms with E-state index in [1.165, 1.54) is 0 Å². The van der Waals surface area contributed by atoms with E-state index in [-0.39, 0.29) is 11.3 Å². The van der Waals surface area contributed by atoms with Crippen molar-refractivity contribution in [3.05, 3.63) is 0 Å². The first kappa shape index (κ1) is 12.5. The largest absolute Gasteiger partial charge is 0.353 e. The molecule has 0 aliphatic carbocycles. The summed E-state index contributed by atoms with van der Waals surface area (Å²) in [6, 6.07) is 0.924. The number of carbonyl (C=O) groups is 1. The minimum atomic E-state index is 0.0890. The minimum absolute atomic E-state index is 0.0890. The molecular formula is C12H24N2O. The molecular weight excluding hydrogens is 188 g/mol. The van der Waals surface area contributed by atoms with Crippen molar-refractivity contribution in [1.82, 2.24) is 10.2 Å². The average Bonchev–Trinajstić information content (AvgIpc) is 2.07. The highest BCUT2D eigenvalue weighted by molar-refractivity contribution is 5.73. The minimum Gasteiger partial charge on any atom is -0.353 e. The van der Waals surface area contributed by atoms with Gasteiger partial charge in [-0.2, -0.15) is 0 Å². The molecule has 3 heteroatoms. The molecule has 1 saturated heterocycles. The second kappa shape index (κ2) is 4.52. The quantitative estimate of drug-likeness (QED) is 0.754. The van der Waals surface area contributed by atoms with Crippen LogP contribution in [-0.4, -0.2) is 36.0 Å². The van der Waals surface area contributed by atoms with Gasteiger partial charge in [0.2, 0.25) is 5.91 Å². The van der Waals surface area contributed by atoms with Crippen LogP contribution in [-0.2, 0) is 4.79 Å². The summed E-state index contributed by atoms with van der Waals surface area (Å²) in [5.41, 5.74) is 0.175. The Bertz CT molecular complexity index is 236. The van der Waals surface area contributed by atoms with Crippen molar-refractivity contribution in [3.8, 4) is 0 Å². The van der Waals surface area contributed by atoms with Crippen LogP contribution in [0.1, 0.15) is 41.0 Å². The van der Waals surface area contributed by atoms with Gasteiger partial charge in [-0.1, -0.05) is 13.8 Å². The Morgan fingerprint density at radius 3 is 2.47 bits per heavy atom. The smallest absolute Gasteiger partial charge is 0.217 e. The van der Waals surface area contributed by atoms with Gasteiger partial charge in [-0.3, -0.25) is 4.79 Å². The summed E-state index contributed by atoms with van der Waals surface area (Å²) in [4.78, 5) is 13.6. The molecule has 0 bridgehead atoms. The van der Waals surface area contributed by atoms with Gasteiger partial charge < -0.3 is 10.2 Å². The van der Waals surface area contributed by atoms with Crippen molar-refractivity contribution < 1.29 is 4.79 Å². The van der Waals surface area contributed by atoms with E-state index in [9.17, 15) is 4.79 Å². The van der Waals surface area contributed by atoms with Crippen LogP contribution in [0, 0.1) is 5.41 Å². The van der Waals surface area contributed by atoms with Crippen LogP contribution in [0.2, 0.25) is 0 Å². The summed E-state index contributed by atoms with van der Waals surface area (Å²) in [5.74, 6) is 0.0890. The monoisotopic (exact) mass is 212 g/mol. The van der Waals surface area contributed by atoms with Crippen LogP contribution in [0.5, 0.6) is 0 Å². The van der Waals surface area contributed by atoms with Crippen LogP contribution >= 0.6 is 0 Å². The highest BCUT2D eigenvalue weighted by Gasteiger charge is 2.36. The fourth-order valence-corrected chi connectivity index (χ4v) is 2.35. The Balaban J connectivity index is 2.62. The van der Waals surface area contributed by atoms with Crippen molar-refractivity contribution >= 4 is 5.91 Å². The lowest BCUT2D eigenvalue weighted by Crippen LogP contribution is -2.56. The number of carbonyl (C=O) groups excluding carboxylic acids is 1. The zero-order valence-electron chi connectivity index (χ0n) is 10.6. The number of amides is 1. The summed E-state index contributed by atoms with van der Waals surface area (Å²) in [7, 11) is 0. The second-order valence-electron chi connectivity index (χ2n) is 5.59. The van der Waals surface area contributed by atoms with Crippen molar-refractivity contribution in [2.75, 3.05) is 13.1 Å². The Morgan fingerprint density at radius 2 is 2.07 bits per heavy atom. The maximum absolute atomic E-state index is 11.1. The van der Waals surface area contributed by atoms with Gasteiger partial charge in [0.15, 0.2) is 0 Å². The van der Waals surface area contributed by atoms with Gasteiger partial charge in [0.05, 0.1) is 0 Å². The number of likely N-dealkylation sites (tertiary alicyclic amines) is 1. The number of nitrogens with one attached hydrogen (secondary N) is 1. The SMILES string of the molecule is CC(=O)NC1CCN(C(C)C)CC1(C)C. The Kier molecular flexibility index (Phi) is 3.77. The maximum Gasteiger partial charge on any atom is 0.217 e. The molecule has 0 radical (unpaired) electrons. The van der Waals surface area contributed by atoms with Crippen LogP contribution < -0.4 is 5.32 Å². The summed E-state index contributed by atoms with van der Waals surface area (Å²) in [5, 5.41) is 3.07. The van der Waals surface area contributed by atoms with Crippen LogP contribution in [0.25, 0.3) is 0 Å². The third-order valence-electron chi connectivity index (χ3n) is 3.37. The summed E-state index contributed by atoms with van der Waals surface area (Å²) >= 11 is 0. The fraction of sp³-hybridized carbons (Fsp3) is 0.917. The number of hydrogen-bond donors (Lipinski definition) is 1. The summed E-state index contributed by atoms with van der Waals surface area (Å²) in [6.07, 6.45) is 1.06. The normalized spacial score (nSPS) is 26.7. The molecule has 15 heavy (non-hydrogen) atoms. The Hall–Kier alpha value is -0.570. The summed E-state index contributed by atoms with van der Waals surface area (Å²) < 4.78 is 0. The van der Waals surface area contributed by atoms with Crippen LogP contribution in [0.4, 0.5) is 0 Å². The second-order valence-corrected chi connectivity index (χ2v) is 5.59. The molecule has 0 aromatic heterocycles. The summed E-state index contributed by atoms with van der Waals surface area (Å²) in [6.45, 7) is 12.7. The molecule has 1 aliphatic rings. The lowest BCUT2D eigenvalue weighted by Gasteiger charge is -2.46. The average molecular weight is 212 g/mol. The Morgan fingerprint density at radius 1 is 1.47 bits per heavy atom. The molecule has 0 aromatic carbocycles. The number of rotatable bonds is 2. The van der Waals surface area contributed by atoms with E-state index in [1.54, 1.807) is 6.92 Å². The van der Waals surface area contributed by atoms with Crippen molar-refractivity contribution in [1.29, 1.82) is 0 Å². The molecule has 1 atom stereocenters. The van der Waals surface area contributed by atoms with Crippen molar-refractivity contribution in [2.45, 2.75) is 53.1 Å². The molecule has 0 saturated carbocycles. The van der Waals surface area contributed by atoms with E-state index in [1.807, 2.05) is 0 Å². The highest BCUT2D eigenvalue weighted by Crippen LogP contribution is 2.30. The predicted molar refractivity (Wildman–Crippen MR) is 62.7 cm³/mol. The maximum atomic E-state index is 11.1. The fourth-order valence-electron chi connectivity index (χ4n) is 2.35. The van der Waals surface area contributed by atoms with Gasteiger partial charge in [0, 0.05) is 32.1 Å². The first-order valence-electron chi connectivity index (χ1n) is 5.84. The third-order valence-corrected chi connectivity index (χ3v) is 3.37. The highest BCUT2D eigenvalue weighted by atomic mass is 16.1. The molecule has 3 nitrogen and oxygen atoms in total. The molecule has 1 unspecified atom stereocenters. The van der Waals surface area contributed by atoms with E-state index >= 15 is 0 Å². The lowest BCUT2D eigenvalue weighted by atomic mass is 9.78. The number of nitrogens with zero attached hydrogens (tertiary/aromatic N) is 1. The van der Waals surface area contributed by atoms with E-state index < -0.39 is 0 Å². The topological polar surface area (TPSA) is 32.3 Å².